The highest BCUT2D eigenvalue weighted by Crippen LogP contribution is 2.30. The van der Waals surface area contributed by atoms with Crippen molar-refractivity contribution in [2.75, 3.05) is 49.2 Å². The normalized spacial score (nSPS) is 13.8. The Bertz CT molecular complexity index is 789. The summed E-state index contributed by atoms with van der Waals surface area (Å²) in [5, 5.41) is 2.92. The minimum absolute atomic E-state index is 0.00543. The lowest BCUT2D eigenvalue weighted by Gasteiger charge is -2.33. The van der Waals surface area contributed by atoms with Crippen molar-refractivity contribution in [2.45, 2.75) is 13.3 Å². The van der Waals surface area contributed by atoms with Crippen molar-refractivity contribution < 1.29 is 14.3 Å². The molecule has 2 aromatic rings. The minimum Gasteiger partial charge on any atom is -0.378 e. The summed E-state index contributed by atoms with van der Waals surface area (Å²) in [7, 11) is 0. The van der Waals surface area contributed by atoms with Crippen molar-refractivity contribution in [2.24, 2.45) is 0 Å². The number of morpholine rings is 1. The number of para-hydroxylation sites is 2. The number of nitrogens with one attached hydrogen (secondary N) is 1. The van der Waals surface area contributed by atoms with Gasteiger partial charge >= 0.3 is 0 Å². The summed E-state index contributed by atoms with van der Waals surface area (Å²) in [4.78, 5) is 28.5. The third-order valence-corrected chi connectivity index (χ3v) is 4.78. The molecule has 1 aliphatic rings. The zero-order valence-corrected chi connectivity index (χ0v) is 16.3. The molecule has 0 unspecified atom stereocenters. The second kappa shape index (κ2) is 9.90. The van der Waals surface area contributed by atoms with Gasteiger partial charge in [0.25, 0.3) is 0 Å². The lowest BCUT2D eigenvalue weighted by Crippen LogP contribution is -2.42. The van der Waals surface area contributed by atoms with Crippen LogP contribution in [0, 0.1) is 0 Å². The van der Waals surface area contributed by atoms with E-state index in [0.29, 0.717) is 19.8 Å². The number of carbonyl (C=O) groups excluding carboxylic acids is 2. The Hall–Kier alpha value is -2.86. The lowest BCUT2D eigenvalue weighted by molar-refractivity contribution is -0.123. The molecule has 1 aliphatic heterocycles. The zero-order chi connectivity index (χ0) is 19.8. The average molecular weight is 381 g/mol. The molecule has 0 bridgehead atoms. The first kappa shape index (κ1) is 19.9. The lowest BCUT2D eigenvalue weighted by atomic mass is 10.1. The molecule has 2 amide bonds. The quantitative estimate of drug-likeness (QED) is 0.799. The average Bonchev–Trinajstić information content (AvgIpc) is 2.73. The van der Waals surface area contributed by atoms with Crippen LogP contribution in [0.3, 0.4) is 0 Å². The molecular weight excluding hydrogens is 354 g/mol. The Morgan fingerprint density at radius 3 is 2.43 bits per heavy atom. The number of benzene rings is 2. The van der Waals surface area contributed by atoms with Crippen LogP contribution >= 0.6 is 0 Å². The number of hydrogen-bond acceptors (Lipinski definition) is 4. The fourth-order valence-electron chi connectivity index (χ4n) is 3.32. The van der Waals surface area contributed by atoms with Gasteiger partial charge < -0.3 is 19.9 Å². The summed E-state index contributed by atoms with van der Waals surface area (Å²) in [6, 6.07) is 17.7. The van der Waals surface area contributed by atoms with E-state index in [-0.39, 0.29) is 18.4 Å². The van der Waals surface area contributed by atoms with E-state index in [1.54, 1.807) is 4.90 Å². The van der Waals surface area contributed by atoms with Crippen molar-refractivity contribution >= 4 is 23.2 Å². The maximum absolute atomic E-state index is 12.5. The fraction of sp³-hybridized carbons (Fsp3) is 0.364. The maximum atomic E-state index is 12.5. The standard InChI is InChI=1S/C22H27N3O3/c1-18(26)25(17-22(27)23-12-11-19-7-3-2-4-8-19)21-10-6-5-9-20(21)24-13-15-28-16-14-24/h2-10H,11-17H2,1H3,(H,23,27). The summed E-state index contributed by atoms with van der Waals surface area (Å²) in [6.07, 6.45) is 0.761. The number of amides is 2. The Kier molecular flexibility index (Phi) is 7.03. The Morgan fingerprint density at radius 2 is 1.71 bits per heavy atom. The van der Waals surface area contributed by atoms with Gasteiger partial charge in [-0.25, -0.2) is 0 Å². The highest BCUT2D eigenvalue weighted by atomic mass is 16.5. The van der Waals surface area contributed by atoms with Gasteiger partial charge in [0.2, 0.25) is 11.8 Å². The van der Waals surface area contributed by atoms with Gasteiger partial charge in [-0.1, -0.05) is 42.5 Å². The van der Waals surface area contributed by atoms with Crippen molar-refractivity contribution in [3.63, 3.8) is 0 Å². The smallest absolute Gasteiger partial charge is 0.240 e. The topological polar surface area (TPSA) is 61.9 Å². The van der Waals surface area contributed by atoms with Crippen molar-refractivity contribution in [1.82, 2.24) is 5.32 Å². The van der Waals surface area contributed by atoms with E-state index in [9.17, 15) is 9.59 Å². The summed E-state index contributed by atoms with van der Waals surface area (Å²) >= 11 is 0. The SMILES string of the molecule is CC(=O)N(CC(=O)NCCc1ccccc1)c1ccccc1N1CCOCC1. The predicted octanol–water partition coefficient (Wildman–Crippen LogP) is 2.23. The number of ether oxygens (including phenoxy) is 1. The monoisotopic (exact) mass is 381 g/mol. The molecule has 0 saturated carbocycles. The first-order valence-electron chi connectivity index (χ1n) is 9.65. The number of anilines is 2. The van der Waals surface area contributed by atoms with Gasteiger partial charge in [0, 0.05) is 26.6 Å². The molecule has 0 aliphatic carbocycles. The predicted molar refractivity (Wildman–Crippen MR) is 111 cm³/mol. The van der Waals surface area contributed by atoms with Crippen LogP contribution in [-0.4, -0.2) is 51.2 Å². The Balaban J connectivity index is 1.65. The van der Waals surface area contributed by atoms with Crippen LogP contribution in [0.2, 0.25) is 0 Å². The molecule has 0 aromatic heterocycles. The van der Waals surface area contributed by atoms with Crippen LogP contribution in [0.25, 0.3) is 0 Å². The van der Waals surface area contributed by atoms with Gasteiger partial charge in [0.15, 0.2) is 0 Å². The molecule has 1 saturated heterocycles. The van der Waals surface area contributed by atoms with Crippen LogP contribution in [0.4, 0.5) is 11.4 Å². The summed E-state index contributed by atoms with van der Waals surface area (Å²) < 4.78 is 5.43. The summed E-state index contributed by atoms with van der Waals surface area (Å²) in [5.74, 6) is -0.318. The van der Waals surface area contributed by atoms with Crippen molar-refractivity contribution in [3.8, 4) is 0 Å². The van der Waals surface area contributed by atoms with Gasteiger partial charge in [-0.15, -0.1) is 0 Å². The molecule has 1 N–H and O–H groups in total. The van der Waals surface area contributed by atoms with E-state index >= 15 is 0 Å². The van der Waals surface area contributed by atoms with Gasteiger partial charge in [-0.05, 0) is 24.1 Å². The number of rotatable bonds is 7. The van der Waals surface area contributed by atoms with E-state index in [1.165, 1.54) is 12.5 Å². The van der Waals surface area contributed by atoms with E-state index in [0.717, 1.165) is 30.9 Å². The second-order valence-corrected chi connectivity index (χ2v) is 6.78. The Labute approximate surface area is 166 Å². The fourth-order valence-corrected chi connectivity index (χ4v) is 3.32. The third-order valence-electron chi connectivity index (χ3n) is 4.78. The minimum atomic E-state index is -0.164. The molecule has 6 heteroatoms. The molecular formula is C22H27N3O3. The van der Waals surface area contributed by atoms with Gasteiger partial charge in [0.05, 0.1) is 24.6 Å². The van der Waals surface area contributed by atoms with E-state index < -0.39 is 0 Å². The molecule has 6 nitrogen and oxygen atoms in total. The summed E-state index contributed by atoms with van der Waals surface area (Å²) in [6.45, 7) is 4.90. The van der Waals surface area contributed by atoms with Crippen LogP contribution in [0.15, 0.2) is 54.6 Å². The van der Waals surface area contributed by atoms with Gasteiger partial charge in [0.1, 0.15) is 6.54 Å². The van der Waals surface area contributed by atoms with Crippen LogP contribution in [0.1, 0.15) is 12.5 Å². The van der Waals surface area contributed by atoms with E-state index in [1.807, 2.05) is 54.6 Å². The first-order valence-corrected chi connectivity index (χ1v) is 9.65. The molecule has 28 heavy (non-hydrogen) atoms. The molecule has 1 heterocycles. The molecule has 3 rings (SSSR count). The summed E-state index contributed by atoms with van der Waals surface area (Å²) in [5.41, 5.74) is 2.89. The molecule has 2 aromatic carbocycles. The van der Waals surface area contributed by atoms with Gasteiger partial charge in [-0.3, -0.25) is 9.59 Å². The van der Waals surface area contributed by atoms with Crippen molar-refractivity contribution in [1.29, 1.82) is 0 Å². The maximum Gasteiger partial charge on any atom is 0.240 e. The van der Waals surface area contributed by atoms with E-state index in [2.05, 4.69) is 10.2 Å². The van der Waals surface area contributed by atoms with E-state index in [4.69, 9.17) is 4.74 Å². The van der Waals surface area contributed by atoms with Crippen LogP contribution in [-0.2, 0) is 20.7 Å². The van der Waals surface area contributed by atoms with Crippen LogP contribution in [0.5, 0.6) is 0 Å². The highest BCUT2D eigenvalue weighted by molar-refractivity contribution is 6.00. The number of nitrogens with zero attached hydrogens (tertiary/aromatic N) is 2. The third kappa shape index (κ3) is 5.33. The molecule has 0 atom stereocenters. The number of carbonyl (C=O) groups is 2. The molecule has 0 radical (unpaired) electrons. The molecule has 0 spiro atoms. The highest BCUT2D eigenvalue weighted by Gasteiger charge is 2.22. The first-order chi connectivity index (χ1) is 13.6. The molecule has 1 fully saturated rings. The molecule has 148 valence electrons. The Morgan fingerprint density at radius 1 is 1.04 bits per heavy atom. The van der Waals surface area contributed by atoms with Crippen molar-refractivity contribution in [3.05, 3.63) is 60.2 Å². The van der Waals surface area contributed by atoms with Gasteiger partial charge in [-0.2, -0.15) is 0 Å². The zero-order valence-electron chi connectivity index (χ0n) is 16.3. The largest absolute Gasteiger partial charge is 0.378 e. The van der Waals surface area contributed by atoms with Crippen LogP contribution < -0.4 is 15.1 Å². The number of hydrogen-bond donors (Lipinski definition) is 1. The second-order valence-electron chi connectivity index (χ2n) is 6.78.